The number of hydrogen-bond donors (Lipinski definition) is 0. The highest BCUT2D eigenvalue weighted by Gasteiger charge is 2.01. The van der Waals surface area contributed by atoms with Crippen molar-refractivity contribution in [3.8, 4) is 0 Å². The molecule has 22 heavy (non-hydrogen) atoms. The number of pyridine rings is 1. The molecule has 0 saturated carbocycles. The number of aromatic nitrogens is 1. The van der Waals surface area contributed by atoms with Crippen molar-refractivity contribution >= 4 is 23.4 Å². The van der Waals surface area contributed by atoms with E-state index in [1.54, 1.807) is 0 Å². The average Bonchev–Trinajstić information content (AvgIpc) is 2.48. The largest absolute Gasteiger partial charge is 1.00 e. The van der Waals surface area contributed by atoms with Crippen LogP contribution >= 0.6 is 23.4 Å². The van der Waals surface area contributed by atoms with Crippen molar-refractivity contribution in [2.75, 3.05) is 5.75 Å². The van der Waals surface area contributed by atoms with E-state index in [2.05, 4.69) is 17.7 Å². The minimum atomic E-state index is 0. The first kappa shape index (κ1) is 22.1. The monoisotopic (exact) mass is 363 g/mol. The molecule has 0 aliphatic rings. The highest BCUT2D eigenvalue weighted by Crippen LogP contribution is 2.12. The molecule has 0 aliphatic heterocycles. The highest BCUT2D eigenvalue weighted by atomic mass is 35.5. The number of nitrogens with zero attached hydrogens (tertiary/aromatic N) is 1. The topological polar surface area (TPSA) is 3.88 Å². The quantitative estimate of drug-likeness (QED) is 0.384. The number of halogens is 2. The Balaban J connectivity index is 0.00000441. The molecule has 0 N–H and O–H groups in total. The van der Waals surface area contributed by atoms with Crippen LogP contribution in [0.15, 0.2) is 24.5 Å². The number of rotatable bonds is 13. The van der Waals surface area contributed by atoms with Gasteiger partial charge in [-0.3, -0.25) is 0 Å². The van der Waals surface area contributed by atoms with E-state index in [9.17, 15) is 0 Å². The second-order valence-corrected chi connectivity index (χ2v) is 7.27. The first-order chi connectivity index (χ1) is 10.3. The van der Waals surface area contributed by atoms with E-state index >= 15 is 0 Å². The van der Waals surface area contributed by atoms with E-state index < -0.39 is 0 Å². The summed E-state index contributed by atoms with van der Waals surface area (Å²) in [6.45, 7) is 2.28. The third kappa shape index (κ3) is 12.6. The summed E-state index contributed by atoms with van der Waals surface area (Å²) in [5, 5.41) is 0.817. The molecule has 0 saturated heterocycles. The van der Waals surface area contributed by atoms with E-state index in [0.717, 1.165) is 10.9 Å². The van der Waals surface area contributed by atoms with Gasteiger partial charge in [-0.2, -0.15) is 4.57 Å². The fourth-order valence-corrected chi connectivity index (χ4v) is 3.54. The van der Waals surface area contributed by atoms with E-state index in [0.29, 0.717) is 0 Å². The molecule has 0 unspecified atom stereocenters. The number of hydrogen-bond acceptors (Lipinski definition) is 1. The summed E-state index contributed by atoms with van der Waals surface area (Å²) in [7, 11) is 0. The zero-order chi connectivity index (χ0) is 15.2. The van der Waals surface area contributed by atoms with Gasteiger partial charge >= 0.3 is 0 Å². The van der Waals surface area contributed by atoms with Crippen molar-refractivity contribution in [3.63, 3.8) is 0 Å². The molecule has 0 amide bonds. The second kappa shape index (κ2) is 16.0. The van der Waals surface area contributed by atoms with E-state index in [1.165, 1.54) is 70.0 Å². The Labute approximate surface area is 152 Å². The molecule has 0 aromatic carbocycles. The normalized spacial score (nSPS) is 10.5. The van der Waals surface area contributed by atoms with Gasteiger partial charge in [-0.15, -0.1) is 0 Å². The van der Waals surface area contributed by atoms with Crippen LogP contribution < -0.4 is 17.0 Å². The van der Waals surface area contributed by atoms with E-state index in [1.807, 2.05) is 30.1 Å². The lowest BCUT2D eigenvalue weighted by atomic mass is 10.1. The van der Waals surface area contributed by atoms with Gasteiger partial charge in [0.05, 0.1) is 0 Å². The van der Waals surface area contributed by atoms with Crippen molar-refractivity contribution in [2.24, 2.45) is 0 Å². The average molecular weight is 364 g/mol. The van der Waals surface area contributed by atoms with Crippen LogP contribution in [-0.4, -0.2) is 5.75 Å². The SMILES string of the molecule is CCCCCCCCCCCCSC[n+]1cccc(Cl)c1.[Cl-]. The molecule has 0 atom stereocenters. The van der Waals surface area contributed by atoms with Crippen molar-refractivity contribution in [3.05, 3.63) is 29.5 Å². The first-order valence-electron chi connectivity index (χ1n) is 8.55. The zero-order valence-corrected chi connectivity index (χ0v) is 16.2. The predicted molar refractivity (Wildman–Crippen MR) is 95.9 cm³/mol. The maximum absolute atomic E-state index is 5.97. The van der Waals surface area contributed by atoms with Crippen LogP contribution in [0.4, 0.5) is 0 Å². The van der Waals surface area contributed by atoms with Crippen LogP contribution in [0.5, 0.6) is 0 Å². The van der Waals surface area contributed by atoms with Crippen molar-refractivity contribution in [2.45, 2.75) is 77.0 Å². The Bertz CT molecular complexity index is 361. The third-order valence-electron chi connectivity index (χ3n) is 3.70. The lowest BCUT2D eigenvalue weighted by molar-refractivity contribution is -0.675. The number of unbranched alkanes of at least 4 members (excludes halogenated alkanes) is 9. The molecule has 1 heterocycles. The second-order valence-electron chi connectivity index (χ2n) is 5.76. The lowest BCUT2D eigenvalue weighted by Gasteiger charge is -2.02. The lowest BCUT2D eigenvalue weighted by Crippen LogP contribution is -3.00. The molecule has 1 aromatic heterocycles. The van der Waals surface area contributed by atoms with Gasteiger partial charge in [-0.25, -0.2) is 0 Å². The van der Waals surface area contributed by atoms with Crippen molar-refractivity contribution in [1.82, 2.24) is 0 Å². The maximum atomic E-state index is 5.97. The van der Waals surface area contributed by atoms with Crippen LogP contribution in [0.2, 0.25) is 5.02 Å². The molecule has 1 nitrogen and oxygen atoms in total. The predicted octanol–water partition coefficient (Wildman–Crippen LogP) is 3.24. The molecular weight excluding hydrogens is 333 g/mol. The fourth-order valence-electron chi connectivity index (χ4n) is 2.43. The molecule has 0 bridgehead atoms. The minimum absolute atomic E-state index is 0. The molecule has 1 aromatic rings. The smallest absolute Gasteiger partial charge is 0.194 e. The maximum Gasteiger partial charge on any atom is 0.194 e. The molecule has 1 rings (SSSR count). The van der Waals surface area contributed by atoms with Gasteiger partial charge in [-0.1, -0.05) is 88.1 Å². The summed E-state index contributed by atoms with van der Waals surface area (Å²) in [4.78, 5) is 0. The first-order valence-corrected chi connectivity index (χ1v) is 10.1. The van der Waals surface area contributed by atoms with Crippen LogP contribution in [0.3, 0.4) is 0 Å². The van der Waals surface area contributed by atoms with Crippen LogP contribution in [0, 0.1) is 0 Å². The molecule has 0 radical (unpaired) electrons. The summed E-state index contributed by atoms with van der Waals surface area (Å²) in [6.07, 6.45) is 18.2. The van der Waals surface area contributed by atoms with Gasteiger partial charge in [-0.05, 0) is 18.2 Å². The Morgan fingerprint density at radius 3 is 2.14 bits per heavy atom. The summed E-state index contributed by atoms with van der Waals surface area (Å²) >= 11 is 7.96. The molecule has 0 spiro atoms. The van der Waals surface area contributed by atoms with E-state index in [-0.39, 0.29) is 12.4 Å². The van der Waals surface area contributed by atoms with Crippen molar-refractivity contribution in [1.29, 1.82) is 0 Å². The summed E-state index contributed by atoms with van der Waals surface area (Å²) in [5.74, 6) is 2.27. The Morgan fingerprint density at radius 1 is 0.955 bits per heavy atom. The molecule has 4 heteroatoms. The van der Waals surface area contributed by atoms with Crippen LogP contribution in [0.1, 0.15) is 71.1 Å². The standard InChI is InChI=1S/C18H31ClNS.ClH/c1-2-3-4-5-6-7-8-9-10-11-15-21-17-20-14-12-13-18(19)16-20;/h12-14,16H,2-11,15,17H2,1H3;1H/q+1;/p-1. The zero-order valence-electron chi connectivity index (χ0n) is 13.9. The highest BCUT2D eigenvalue weighted by molar-refractivity contribution is 7.98. The van der Waals surface area contributed by atoms with Crippen molar-refractivity contribution < 1.29 is 17.0 Å². The fraction of sp³-hybridized carbons (Fsp3) is 0.722. The molecular formula is C18H31Cl2NS. The van der Waals surface area contributed by atoms with Gasteiger partial charge < -0.3 is 12.4 Å². The minimum Gasteiger partial charge on any atom is -1.00 e. The molecule has 128 valence electrons. The summed E-state index contributed by atoms with van der Waals surface area (Å²) in [6, 6.07) is 3.92. The molecule has 0 aliphatic carbocycles. The van der Waals surface area contributed by atoms with Gasteiger partial charge in [0.25, 0.3) is 0 Å². The van der Waals surface area contributed by atoms with Crippen LogP contribution in [0.25, 0.3) is 0 Å². The van der Waals surface area contributed by atoms with Gasteiger partial charge in [0.1, 0.15) is 5.02 Å². The van der Waals surface area contributed by atoms with Gasteiger partial charge in [0.15, 0.2) is 18.3 Å². The van der Waals surface area contributed by atoms with Gasteiger partial charge in [0.2, 0.25) is 0 Å². The molecule has 0 fully saturated rings. The van der Waals surface area contributed by atoms with Crippen LogP contribution in [-0.2, 0) is 5.88 Å². The summed E-state index contributed by atoms with van der Waals surface area (Å²) in [5.41, 5.74) is 0. The summed E-state index contributed by atoms with van der Waals surface area (Å²) < 4.78 is 2.16. The Morgan fingerprint density at radius 2 is 1.55 bits per heavy atom. The Kier molecular flexibility index (Phi) is 16.0. The van der Waals surface area contributed by atoms with E-state index in [4.69, 9.17) is 11.6 Å². The third-order valence-corrected chi connectivity index (χ3v) is 4.99. The Hall–Kier alpha value is 0.0800. The number of thioether (sulfide) groups is 1. The van der Waals surface area contributed by atoms with Gasteiger partial charge in [0, 0.05) is 6.07 Å².